The Morgan fingerprint density at radius 1 is 1.08 bits per heavy atom. The molecule has 0 radical (unpaired) electrons. The van der Waals surface area contributed by atoms with Crippen LogP contribution in [0.25, 0.3) is 0 Å². The molecule has 0 atom stereocenters. The van der Waals surface area contributed by atoms with Gasteiger partial charge in [0.1, 0.15) is 11.6 Å². The Kier molecular flexibility index (Phi) is 5.89. The van der Waals surface area contributed by atoms with Gasteiger partial charge in [-0.2, -0.15) is 0 Å². The molecule has 0 unspecified atom stereocenters. The van der Waals surface area contributed by atoms with Crippen molar-refractivity contribution in [3.63, 3.8) is 0 Å². The summed E-state index contributed by atoms with van der Waals surface area (Å²) in [4.78, 5) is 16.4. The van der Waals surface area contributed by atoms with E-state index in [-0.39, 0.29) is 17.5 Å². The van der Waals surface area contributed by atoms with Crippen molar-refractivity contribution in [2.24, 2.45) is 0 Å². The molecular weight excluding hydrogens is 343 g/mol. The summed E-state index contributed by atoms with van der Waals surface area (Å²) in [5.41, 5.74) is 1.28. The van der Waals surface area contributed by atoms with Gasteiger partial charge in [0.25, 0.3) is 5.91 Å². The molecule has 2 aromatic rings. The first-order chi connectivity index (χ1) is 12.1. The van der Waals surface area contributed by atoms with Gasteiger partial charge in [-0.3, -0.25) is 9.69 Å². The van der Waals surface area contributed by atoms with Gasteiger partial charge in [0, 0.05) is 38.8 Å². The fourth-order valence-electron chi connectivity index (χ4n) is 2.80. The fourth-order valence-corrected chi connectivity index (χ4v) is 2.97. The first-order valence-corrected chi connectivity index (χ1v) is 8.61. The highest BCUT2D eigenvalue weighted by Crippen LogP contribution is 2.21. The van der Waals surface area contributed by atoms with E-state index in [9.17, 15) is 9.18 Å². The Bertz CT molecular complexity index is 719. The minimum atomic E-state index is -0.505. The Morgan fingerprint density at radius 3 is 2.48 bits per heavy atom. The lowest BCUT2D eigenvalue weighted by atomic mass is 10.2. The minimum absolute atomic E-state index is 0.0144. The van der Waals surface area contributed by atoms with Gasteiger partial charge in [-0.15, -0.1) is 0 Å². The number of hydrogen-bond acceptors (Lipinski definition) is 3. The van der Waals surface area contributed by atoms with Crippen LogP contribution in [0.5, 0.6) is 5.75 Å². The van der Waals surface area contributed by atoms with Gasteiger partial charge in [0.15, 0.2) is 6.61 Å². The number of piperazine rings is 1. The normalized spacial score (nSPS) is 15.2. The number of carbonyl (C=O) groups is 1. The van der Waals surface area contributed by atoms with Gasteiger partial charge in [-0.1, -0.05) is 41.9 Å². The lowest BCUT2D eigenvalue weighted by Gasteiger charge is -2.34. The van der Waals surface area contributed by atoms with E-state index < -0.39 is 5.82 Å². The maximum atomic E-state index is 13.1. The monoisotopic (exact) mass is 362 g/mol. The minimum Gasteiger partial charge on any atom is -0.484 e. The summed E-state index contributed by atoms with van der Waals surface area (Å²) in [7, 11) is 0. The van der Waals surface area contributed by atoms with Crippen LogP contribution < -0.4 is 4.74 Å². The van der Waals surface area contributed by atoms with Crippen LogP contribution in [-0.2, 0) is 11.3 Å². The number of halogens is 2. The second-order valence-electron chi connectivity index (χ2n) is 6.01. The number of rotatable bonds is 5. The van der Waals surface area contributed by atoms with E-state index in [2.05, 4.69) is 17.0 Å². The van der Waals surface area contributed by atoms with Crippen molar-refractivity contribution in [3.05, 3.63) is 64.9 Å². The van der Waals surface area contributed by atoms with Crippen molar-refractivity contribution in [3.8, 4) is 5.75 Å². The molecule has 1 aliphatic heterocycles. The second kappa shape index (κ2) is 8.32. The van der Waals surface area contributed by atoms with Crippen LogP contribution in [0.3, 0.4) is 0 Å². The molecule has 0 aliphatic carbocycles. The number of carbonyl (C=O) groups excluding carboxylic acids is 1. The van der Waals surface area contributed by atoms with Crippen LogP contribution in [0.2, 0.25) is 5.02 Å². The van der Waals surface area contributed by atoms with Gasteiger partial charge < -0.3 is 9.64 Å². The van der Waals surface area contributed by atoms with E-state index in [1.807, 2.05) is 18.2 Å². The first kappa shape index (κ1) is 17.7. The number of hydrogen-bond donors (Lipinski definition) is 0. The molecule has 0 saturated carbocycles. The lowest BCUT2D eigenvalue weighted by Crippen LogP contribution is -2.49. The SMILES string of the molecule is O=C(COc1ccc(F)c(Cl)c1)N1CCN(Cc2ccccc2)CC1. The summed E-state index contributed by atoms with van der Waals surface area (Å²) < 4.78 is 18.5. The average molecular weight is 363 g/mol. The molecule has 25 heavy (non-hydrogen) atoms. The van der Waals surface area contributed by atoms with E-state index in [1.165, 1.54) is 23.8 Å². The van der Waals surface area contributed by atoms with Gasteiger partial charge in [-0.05, 0) is 17.7 Å². The molecule has 2 aromatic carbocycles. The molecule has 132 valence electrons. The Labute approximate surface area is 151 Å². The van der Waals surface area contributed by atoms with Crippen molar-refractivity contribution in [1.82, 2.24) is 9.80 Å². The van der Waals surface area contributed by atoms with Crippen LogP contribution in [0.1, 0.15) is 5.56 Å². The zero-order valence-electron chi connectivity index (χ0n) is 13.8. The summed E-state index contributed by atoms with van der Waals surface area (Å²) in [6, 6.07) is 14.4. The third kappa shape index (κ3) is 4.94. The van der Waals surface area contributed by atoms with E-state index >= 15 is 0 Å². The largest absolute Gasteiger partial charge is 0.484 e. The highest BCUT2D eigenvalue weighted by molar-refractivity contribution is 6.30. The van der Waals surface area contributed by atoms with Gasteiger partial charge in [-0.25, -0.2) is 4.39 Å². The topological polar surface area (TPSA) is 32.8 Å². The van der Waals surface area contributed by atoms with Crippen LogP contribution in [0.15, 0.2) is 48.5 Å². The Morgan fingerprint density at radius 2 is 1.80 bits per heavy atom. The Balaban J connectivity index is 1.44. The summed E-state index contributed by atoms with van der Waals surface area (Å²) in [6.07, 6.45) is 0. The number of nitrogens with zero attached hydrogens (tertiary/aromatic N) is 2. The summed E-state index contributed by atoms with van der Waals surface area (Å²) in [6.45, 7) is 3.86. The van der Waals surface area contributed by atoms with E-state index in [0.717, 1.165) is 19.6 Å². The molecule has 3 rings (SSSR count). The molecule has 6 heteroatoms. The second-order valence-corrected chi connectivity index (χ2v) is 6.41. The maximum Gasteiger partial charge on any atom is 0.260 e. The average Bonchev–Trinajstić information content (AvgIpc) is 2.64. The van der Waals surface area contributed by atoms with Crippen molar-refractivity contribution in [1.29, 1.82) is 0 Å². The van der Waals surface area contributed by atoms with Crippen LogP contribution in [-0.4, -0.2) is 48.5 Å². The van der Waals surface area contributed by atoms with E-state index in [1.54, 1.807) is 4.90 Å². The van der Waals surface area contributed by atoms with Crippen molar-refractivity contribution >= 4 is 17.5 Å². The predicted octanol–water partition coefficient (Wildman–Crippen LogP) is 3.20. The quantitative estimate of drug-likeness (QED) is 0.818. The lowest BCUT2D eigenvalue weighted by molar-refractivity contribution is -0.135. The van der Waals surface area contributed by atoms with E-state index in [0.29, 0.717) is 18.8 Å². The van der Waals surface area contributed by atoms with Crippen LogP contribution in [0.4, 0.5) is 4.39 Å². The van der Waals surface area contributed by atoms with Gasteiger partial charge in [0.2, 0.25) is 0 Å². The fraction of sp³-hybridized carbons (Fsp3) is 0.316. The molecule has 1 saturated heterocycles. The molecular formula is C19H20ClFN2O2. The standard InChI is InChI=1S/C19H20ClFN2O2/c20-17-12-16(6-7-18(17)21)25-14-19(24)23-10-8-22(9-11-23)13-15-4-2-1-3-5-15/h1-7,12H,8-11,13-14H2. The zero-order chi connectivity index (χ0) is 17.6. The van der Waals surface area contributed by atoms with Crippen molar-refractivity contribution in [2.75, 3.05) is 32.8 Å². The van der Waals surface area contributed by atoms with Gasteiger partial charge >= 0.3 is 0 Å². The highest BCUT2D eigenvalue weighted by Gasteiger charge is 2.21. The third-order valence-electron chi connectivity index (χ3n) is 4.23. The summed E-state index contributed by atoms with van der Waals surface area (Å²) >= 11 is 5.70. The molecule has 0 N–H and O–H groups in total. The molecule has 1 amide bonds. The molecule has 0 spiro atoms. The van der Waals surface area contributed by atoms with Crippen LogP contribution in [0, 0.1) is 5.82 Å². The molecule has 1 heterocycles. The molecule has 0 bridgehead atoms. The molecule has 1 fully saturated rings. The highest BCUT2D eigenvalue weighted by atomic mass is 35.5. The van der Waals surface area contributed by atoms with Crippen molar-refractivity contribution < 1.29 is 13.9 Å². The van der Waals surface area contributed by atoms with Crippen LogP contribution >= 0.6 is 11.6 Å². The number of amides is 1. The predicted molar refractivity (Wildman–Crippen MR) is 95.2 cm³/mol. The molecule has 1 aliphatic rings. The van der Waals surface area contributed by atoms with Gasteiger partial charge in [0.05, 0.1) is 5.02 Å². The van der Waals surface area contributed by atoms with E-state index in [4.69, 9.17) is 16.3 Å². The maximum absolute atomic E-state index is 13.1. The zero-order valence-corrected chi connectivity index (χ0v) is 14.6. The number of ether oxygens (including phenoxy) is 1. The Hall–Kier alpha value is -2.11. The molecule has 4 nitrogen and oxygen atoms in total. The van der Waals surface area contributed by atoms with Crippen molar-refractivity contribution in [2.45, 2.75) is 6.54 Å². The summed E-state index contributed by atoms with van der Waals surface area (Å²) in [5, 5.41) is -0.0144. The smallest absolute Gasteiger partial charge is 0.260 e. The number of benzene rings is 2. The molecule has 0 aromatic heterocycles. The first-order valence-electron chi connectivity index (χ1n) is 8.24. The third-order valence-corrected chi connectivity index (χ3v) is 4.52. The summed E-state index contributed by atoms with van der Waals surface area (Å²) in [5.74, 6) is -0.183.